The molecule has 0 atom stereocenters. The van der Waals surface area contributed by atoms with Gasteiger partial charge in [-0.1, -0.05) is 12.8 Å². The maximum Gasteiger partial charge on any atom is 0.305 e. The quantitative estimate of drug-likeness (QED) is 0.134. The Morgan fingerprint density at radius 1 is 1.11 bits per heavy atom. The van der Waals surface area contributed by atoms with Gasteiger partial charge in [-0.25, -0.2) is 0 Å². The Morgan fingerprint density at radius 2 is 1.82 bits per heavy atom. The Bertz CT molecular complexity index is 416. The third kappa shape index (κ3) is 12.8. The van der Waals surface area contributed by atoms with Gasteiger partial charge in [0.2, 0.25) is 0 Å². The van der Waals surface area contributed by atoms with Crippen molar-refractivity contribution in [1.82, 2.24) is 10.2 Å². The summed E-state index contributed by atoms with van der Waals surface area (Å²) in [6.45, 7) is 6.73. The molecule has 1 aliphatic rings. The molecule has 0 aromatic carbocycles. The molecule has 166 valence electrons. The molecule has 0 aromatic rings. The van der Waals surface area contributed by atoms with E-state index in [1.54, 1.807) is 7.11 Å². The van der Waals surface area contributed by atoms with Crippen LogP contribution in [0.5, 0.6) is 0 Å². The summed E-state index contributed by atoms with van der Waals surface area (Å²) in [5, 5.41) is 3.46. The molecule has 1 aliphatic heterocycles. The summed E-state index contributed by atoms with van der Waals surface area (Å²) in [5.74, 6) is 0.904. The zero-order valence-electron chi connectivity index (χ0n) is 17.9. The Hall–Kier alpha value is -0.610. The van der Waals surface area contributed by atoms with Crippen LogP contribution >= 0.6 is 24.0 Å². The number of nitrogens with one attached hydrogen (secondary N) is 1. The van der Waals surface area contributed by atoms with Crippen molar-refractivity contribution in [1.29, 1.82) is 0 Å². The predicted octanol–water partition coefficient (Wildman–Crippen LogP) is 3.21. The number of guanidine groups is 1. The molecule has 8 heteroatoms. The van der Waals surface area contributed by atoms with Crippen LogP contribution in [0, 0.1) is 0 Å². The van der Waals surface area contributed by atoms with E-state index < -0.39 is 0 Å². The fourth-order valence-electron chi connectivity index (χ4n) is 3.20. The molecule has 7 nitrogen and oxygen atoms in total. The number of unbranched alkanes of at least 4 members (excludes halogenated alkanes) is 3. The van der Waals surface area contributed by atoms with Gasteiger partial charge in [0.05, 0.1) is 12.7 Å². The van der Waals surface area contributed by atoms with Gasteiger partial charge in [-0.15, -0.1) is 24.0 Å². The first kappa shape index (κ1) is 27.4. The molecule has 1 rings (SSSR count). The van der Waals surface area contributed by atoms with Crippen LogP contribution in [-0.4, -0.2) is 76.5 Å². The average Bonchev–Trinajstić information content (AvgIpc) is 2.68. The number of ether oxygens (including phenoxy) is 3. The highest BCUT2D eigenvalue weighted by Gasteiger charge is 2.21. The number of carbonyl (C=O) groups excluding carboxylic acids is 1. The summed E-state index contributed by atoms with van der Waals surface area (Å²) in [6.07, 6.45) is 8.10. The maximum atomic E-state index is 11.3. The highest BCUT2D eigenvalue weighted by molar-refractivity contribution is 14.0. The highest BCUT2D eigenvalue weighted by atomic mass is 127. The number of aliphatic imine (C=N–C) groups is 1. The van der Waals surface area contributed by atoms with Crippen molar-refractivity contribution < 1.29 is 19.0 Å². The number of methoxy groups -OCH3 is 1. The van der Waals surface area contributed by atoms with Gasteiger partial charge in [0, 0.05) is 53.4 Å². The van der Waals surface area contributed by atoms with Gasteiger partial charge in [0.1, 0.15) is 0 Å². The number of piperidine rings is 1. The molecule has 1 N–H and O–H groups in total. The minimum absolute atomic E-state index is 0. The Labute approximate surface area is 188 Å². The molecule has 1 saturated heterocycles. The second-order valence-electron chi connectivity index (χ2n) is 6.85. The second-order valence-corrected chi connectivity index (χ2v) is 6.85. The normalized spacial score (nSPS) is 15.2. The van der Waals surface area contributed by atoms with Gasteiger partial charge >= 0.3 is 5.97 Å². The molecule has 0 aromatic heterocycles. The Balaban J connectivity index is 0.00000729. The van der Waals surface area contributed by atoms with Crippen LogP contribution in [0.1, 0.15) is 58.3 Å². The summed E-state index contributed by atoms with van der Waals surface area (Å²) >= 11 is 0. The summed E-state index contributed by atoms with van der Waals surface area (Å²) in [7, 11) is 3.57. The van der Waals surface area contributed by atoms with E-state index in [0.717, 1.165) is 83.8 Å². The van der Waals surface area contributed by atoms with Crippen LogP contribution in [-0.2, 0) is 19.0 Å². The first-order chi connectivity index (χ1) is 13.2. The van der Waals surface area contributed by atoms with E-state index in [1.165, 1.54) is 0 Å². The lowest BCUT2D eigenvalue weighted by molar-refractivity contribution is -0.143. The first-order valence-electron chi connectivity index (χ1n) is 10.4. The summed E-state index contributed by atoms with van der Waals surface area (Å²) in [4.78, 5) is 18.0. The van der Waals surface area contributed by atoms with Gasteiger partial charge in [0.15, 0.2) is 5.96 Å². The molecule has 1 fully saturated rings. The summed E-state index contributed by atoms with van der Waals surface area (Å²) in [5.41, 5.74) is 0. The van der Waals surface area contributed by atoms with Crippen molar-refractivity contribution in [2.75, 3.05) is 53.6 Å². The van der Waals surface area contributed by atoms with Crippen LogP contribution in [0.4, 0.5) is 0 Å². The van der Waals surface area contributed by atoms with Crippen LogP contribution < -0.4 is 5.32 Å². The van der Waals surface area contributed by atoms with Gasteiger partial charge in [-0.05, 0) is 39.0 Å². The average molecular weight is 513 g/mol. The van der Waals surface area contributed by atoms with Crippen molar-refractivity contribution >= 4 is 35.9 Å². The van der Waals surface area contributed by atoms with E-state index in [9.17, 15) is 4.79 Å². The van der Waals surface area contributed by atoms with E-state index in [0.29, 0.717) is 19.1 Å². The van der Waals surface area contributed by atoms with Gasteiger partial charge in [-0.3, -0.25) is 9.79 Å². The highest BCUT2D eigenvalue weighted by Crippen LogP contribution is 2.14. The molecule has 1 heterocycles. The number of likely N-dealkylation sites (tertiary alicyclic amines) is 1. The second kappa shape index (κ2) is 18.4. The molecular formula is C20H40IN3O4. The van der Waals surface area contributed by atoms with Crippen molar-refractivity contribution in [3.05, 3.63) is 0 Å². The van der Waals surface area contributed by atoms with Crippen molar-refractivity contribution in [3.63, 3.8) is 0 Å². The number of nitrogens with zero attached hydrogens (tertiary/aromatic N) is 2. The monoisotopic (exact) mass is 513 g/mol. The number of esters is 1. The SMILES string of the molecule is CCOC(=O)CCCCCCNC(=NC)N1CCC(OCCCOC)CC1.I. The molecule has 0 unspecified atom stereocenters. The first-order valence-corrected chi connectivity index (χ1v) is 10.4. The van der Waals surface area contributed by atoms with Crippen LogP contribution in [0.25, 0.3) is 0 Å². The van der Waals surface area contributed by atoms with Crippen molar-refractivity contribution in [2.45, 2.75) is 64.4 Å². The molecule has 0 saturated carbocycles. The number of hydrogen-bond donors (Lipinski definition) is 1. The van der Waals surface area contributed by atoms with Crippen molar-refractivity contribution in [2.24, 2.45) is 4.99 Å². The van der Waals surface area contributed by atoms with Crippen LogP contribution in [0.15, 0.2) is 4.99 Å². The van der Waals surface area contributed by atoms with E-state index in [-0.39, 0.29) is 29.9 Å². The number of carbonyl (C=O) groups is 1. The van der Waals surface area contributed by atoms with E-state index in [2.05, 4.69) is 15.2 Å². The van der Waals surface area contributed by atoms with Crippen LogP contribution in [0.2, 0.25) is 0 Å². The summed E-state index contributed by atoms with van der Waals surface area (Å²) in [6, 6.07) is 0. The van der Waals surface area contributed by atoms with Gasteiger partial charge in [-0.2, -0.15) is 0 Å². The zero-order valence-corrected chi connectivity index (χ0v) is 20.2. The predicted molar refractivity (Wildman–Crippen MR) is 124 cm³/mol. The standard InChI is InChI=1S/C20H39N3O4.HI/c1-4-26-19(24)10-7-5-6-8-13-22-20(21-2)23-14-11-18(12-15-23)27-17-9-16-25-3;/h18H,4-17H2,1-3H3,(H,21,22);1H. The smallest absolute Gasteiger partial charge is 0.305 e. The fourth-order valence-corrected chi connectivity index (χ4v) is 3.20. The van der Waals surface area contributed by atoms with E-state index in [1.807, 2.05) is 14.0 Å². The lowest BCUT2D eigenvalue weighted by Crippen LogP contribution is -2.47. The molecule has 0 aliphatic carbocycles. The lowest BCUT2D eigenvalue weighted by atomic mass is 10.1. The maximum absolute atomic E-state index is 11.3. The molecule has 0 amide bonds. The minimum Gasteiger partial charge on any atom is -0.466 e. The van der Waals surface area contributed by atoms with Crippen molar-refractivity contribution in [3.8, 4) is 0 Å². The molecular weight excluding hydrogens is 473 g/mol. The van der Waals surface area contributed by atoms with E-state index >= 15 is 0 Å². The molecule has 0 spiro atoms. The molecule has 0 radical (unpaired) electrons. The minimum atomic E-state index is -0.0814. The molecule has 28 heavy (non-hydrogen) atoms. The topological polar surface area (TPSA) is 72.4 Å². The largest absolute Gasteiger partial charge is 0.466 e. The number of hydrogen-bond acceptors (Lipinski definition) is 5. The Morgan fingerprint density at radius 3 is 2.46 bits per heavy atom. The third-order valence-corrected chi connectivity index (χ3v) is 4.70. The Kier molecular flexibility index (Phi) is 18.0. The number of rotatable bonds is 13. The lowest BCUT2D eigenvalue weighted by Gasteiger charge is -2.34. The van der Waals surface area contributed by atoms with Crippen LogP contribution in [0.3, 0.4) is 0 Å². The van der Waals surface area contributed by atoms with E-state index in [4.69, 9.17) is 14.2 Å². The van der Waals surface area contributed by atoms with Gasteiger partial charge < -0.3 is 24.4 Å². The zero-order chi connectivity index (χ0) is 19.7. The van der Waals surface area contributed by atoms with Gasteiger partial charge in [0.25, 0.3) is 0 Å². The third-order valence-electron chi connectivity index (χ3n) is 4.70. The summed E-state index contributed by atoms with van der Waals surface area (Å²) < 4.78 is 15.9. The molecule has 0 bridgehead atoms. The number of halogens is 1. The fraction of sp³-hybridized carbons (Fsp3) is 0.900.